The highest BCUT2D eigenvalue weighted by atomic mass is 32.2. The number of nitrogens with one attached hydrogen (secondary N) is 1. The molecule has 0 fully saturated rings. The van der Waals surface area contributed by atoms with Gasteiger partial charge in [0.2, 0.25) is 21.8 Å². The van der Waals surface area contributed by atoms with Gasteiger partial charge in [-0.15, -0.1) is 0 Å². The molecule has 0 radical (unpaired) electrons. The Hall–Kier alpha value is -2.87. The minimum atomic E-state index is -3.74. The fourth-order valence-electron chi connectivity index (χ4n) is 3.78. The Morgan fingerprint density at radius 2 is 1.51 bits per heavy atom. The number of anilines is 1. The zero-order valence-corrected chi connectivity index (χ0v) is 22.5. The molecule has 0 heterocycles. The van der Waals surface area contributed by atoms with Crippen LogP contribution in [0.4, 0.5) is 5.69 Å². The Balaban J connectivity index is 2.40. The van der Waals surface area contributed by atoms with Gasteiger partial charge < -0.3 is 10.2 Å². The van der Waals surface area contributed by atoms with E-state index >= 15 is 0 Å². The SMILES string of the molecule is CCC(C)NC(=O)C(CC)N(Cc1ccccc1)C(=O)CN(c1ccc(C(C)C)cc1)S(C)(=O)=O. The Morgan fingerprint density at radius 3 is 2.00 bits per heavy atom. The van der Waals surface area contributed by atoms with Crippen molar-refractivity contribution in [2.75, 3.05) is 17.1 Å². The number of rotatable bonds is 12. The molecule has 7 nitrogen and oxygen atoms in total. The number of amides is 2. The number of sulfonamides is 1. The molecule has 1 N–H and O–H groups in total. The summed E-state index contributed by atoms with van der Waals surface area (Å²) in [7, 11) is -3.74. The first kappa shape index (κ1) is 28.4. The number of carbonyl (C=O) groups is 2. The van der Waals surface area contributed by atoms with E-state index in [1.807, 2.05) is 63.2 Å². The van der Waals surface area contributed by atoms with Gasteiger partial charge >= 0.3 is 0 Å². The quantitative estimate of drug-likeness (QED) is 0.470. The number of nitrogens with zero attached hydrogens (tertiary/aromatic N) is 2. The first-order valence-electron chi connectivity index (χ1n) is 12.2. The highest BCUT2D eigenvalue weighted by Crippen LogP contribution is 2.23. The van der Waals surface area contributed by atoms with E-state index in [-0.39, 0.29) is 25.0 Å². The van der Waals surface area contributed by atoms with Crippen LogP contribution in [-0.2, 0) is 26.2 Å². The molecular formula is C27H39N3O4S. The summed E-state index contributed by atoms with van der Waals surface area (Å²) in [4.78, 5) is 28.2. The van der Waals surface area contributed by atoms with Crippen molar-refractivity contribution in [3.63, 3.8) is 0 Å². The fourth-order valence-corrected chi connectivity index (χ4v) is 4.63. The van der Waals surface area contributed by atoms with Crippen molar-refractivity contribution < 1.29 is 18.0 Å². The van der Waals surface area contributed by atoms with Crippen LogP contribution >= 0.6 is 0 Å². The van der Waals surface area contributed by atoms with E-state index in [9.17, 15) is 18.0 Å². The van der Waals surface area contributed by atoms with Gasteiger partial charge in [0, 0.05) is 12.6 Å². The normalized spacial score (nSPS) is 13.2. The third kappa shape index (κ3) is 8.09. The number of hydrogen-bond donors (Lipinski definition) is 1. The van der Waals surface area contributed by atoms with Crippen LogP contribution in [0.25, 0.3) is 0 Å². The number of carbonyl (C=O) groups excluding carboxylic acids is 2. The molecule has 2 aromatic rings. The van der Waals surface area contributed by atoms with Gasteiger partial charge in [-0.3, -0.25) is 13.9 Å². The predicted octanol–water partition coefficient (Wildman–Crippen LogP) is 4.30. The molecule has 0 aliphatic carbocycles. The maximum atomic E-state index is 13.7. The highest BCUT2D eigenvalue weighted by molar-refractivity contribution is 7.92. The molecule has 0 spiro atoms. The molecule has 2 amide bonds. The molecule has 2 unspecified atom stereocenters. The molecule has 0 aliphatic heterocycles. The van der Waals surface area contributed by atoms with Crippen LogP contribution in [0, 0.1) is 0 Å². The third-order valence-corrected chi connectivity index (χ3v) is 7.25. The summed E-state index contributed by atoms with van der Waals surface area (Å²) in [6.45, 7) is 9.68. The van der Waals surface area contributed by atoms with Gasteiger partial charge in [-0.25, -0.2) is 8.42 Å². The molecule has 2 rings (SSSR count). The lowest BCUT2D eigenvalue weighted by Crippen LogP contribution is -2.53. The second kappa shape index (κ2) is 12.7. The van der Waals surface area contributed by atoms with Gasteiger partial charge in [0.15, 0.2) is 0 Å². The summed E-state index contributed by atoms with van der Waals surface area (Å²) in [5.41, 5.74) is 2.36. The Labute approximate surface area is 210 Å². The molecule has 35 heavy (non-hydrogen) atoms. The second-order valence-corrected chi connectivity index (χ2v) is 11.2. The van der Waals surface area contributed by atoms with Crippen LogP contribution in [0.15, 0.2) is 54.6 Å². The summed E-state index contributed by atoms with van der Waals surface area (Å²) in [6.07, 6.45) is 2.26. The first-order valence-corrected chi connectivity index (χ1v) is 14.0. The average molecular weight is 502 g/mol. The average Bonchev–Trinajstić information content (AvgIpc) is 2.82. The summed E-state index contributed by atoms with van der Waals surface area (Å²) in [6, 6.07) is 15.8. The molecule has 0 bridgehead atoms. The first-order chi connectivity index (χ1) is 16.5. The van der Waals surface area contributed by atoms with E-state index in [4.69, 9.17) is 0 Å². The summed E-state index contributed by atoms with van der Waals surface area (Å²) in [5.74, 6) is -0.371. The second-order valence-electron chi connectivity index (χ2n) is 9.27. The molecule has 0 saturated carbocycles. The zero-order valence-electron chi connectivity index (χ0n) is 21.7. The van der Waals surface area contributed by atoms with Gasteiger partial charge in [-0.05, 0) is 48.9 Å². The van der Waals surface area contributed by atoms with E-state index in [0.717, 1.165) is 28.1 Å². The Morgan fingerprint density at radius 1 is 0.914 bits per heavy atom. The van der Waals surface area contributed by atoms with Crippen molar-refractivity contribution >= 4 is 27.5 Å². The summed E-state index contributed by atoms with van der Waals surface area (Å²) < 4.78 is 26.5. The molecule has 192 valence electrons. The van der Waals surface area contributed by atoms with Gasteiger partial charge in [-0.2, -0.15) is 0 Å². The fraction of sp³-hybridized carbons (Fsp3) is 0.481. The van der Waals surface area contributed by atoms with E-state index < -0.39 is 22.0 Å². The molecule has 0 aromatic heterocycles. The minimum absolute atomic E-state index is 0.0304. The van der Waals surface area contributed by atoms with Crippen LogP contribution in [-0.4, -0.2) is 50.0 Å². The maximum Gasteiger partial charge on any atom is 0.244 e. The van der Waals surface area contributed by atoms with E-state index in [1.54, 1.807) is 12.1 Å². The van der Waals surface area contributed by atoms with Crippen molar-refractivity contribution in [2.24, 2.45) is 0 Å². The molecule has 0 aliphatic rings. The summed E-state index contributed by atoms with van der Waals surface area (Å²) in [5, 5.41) is 2.97. The van der Waals surface area contributed by atoms with Crippen molar-refractivity contribution in [1.82, 2.24) is 10.2 Å². The Kier molecular flexibility index (Phi) is 10.3. The lowest BCUT2D eigenvalue weighted by Gasteiger charge is -2.33. The molecule has 2 atom stereocenters. The van der Waals surface area contributed by atoms with Crippen LogP contribution in [0.2, 0.25) is 0 Å². The number of benzene rings is 2. The van der Waals surface area contributed by atoms with Crippen LogP contribution in [0.1, 0.15) is 64.5 Å². The van der Waals surface area contributed by atoms with Crippen LogP contribution in [0.3, 0.4) is 0 Å². The van der Waals surface area contributed by atoms with E-state index in [0.29, 0.717) is 18.0 Å². The smallest absolute Gasteiger partial charge is 0.244 e. The van der Waals surface area contributed by atoms with Crippen molar-refractivity contribution in [2.45, 2.75) is 72.0 Å². The van der Waals surface area contributed by atoms with Gasteiger partial charge in [0.25, 0.3) is 0 Å². The van der Waals surface area contributed by atoms with Crippen LogP contribution < -0.4 is 9.62 Å². The predicted molar refractivity (Wildman–Crippen MR) is 142 cm³/mol. The maximum absolute atomic E-state index is 13.7. The van der Waals surface area contributed by atoms with Crippen molar-refractivity contribution in [3.8, 4) is 0 Å². The largest absolute Gasteiger partial charge is 0.352 e. The lowest BCUT2D eigenvalue weighted by atomic mass is 10.0. The molecule has 0 saturated heterocycles. The van der Waals surface area contributed by atoms with Gasteiger partial charge in [0.05, 0.1) is 11.9 Å². The lowest BCUT2D eigenvalue weighted by molar-refractivity contribution is -0.140. The molecule has 2 aromatic carbocycles. The standard InChI is InChI=1S/C27H39N3O4S/c1-7-21(5)28-27(32)25(8-2)29(18-22-12-10-9-11-13-22)26(31)19-30(35(6,33)34)24-16-14-23(15-17-24)20(3)4/h9-17,20-21,25H,7-8,18-19H2,1-6H3,(H,28,32). The van der Waals surface area contributed by atoms with Crippen molar-refractivity contribution in [3.05, 3.63) is 65.7 Å². The summed E-state index contributed by atoms with van der Waals surface area (Å²) >= 11 is 0. The number of hydrogen-bond acceptors (Lipinski definition) is 4. The molecular weight excluding hydrogens is 462 g/mol. The van der Waals surface area contributed by atoms with E-state index in [2.05, 4.69) is 19.2 Å². The minimum Gasteiger partial charge on any atom is -0.352 e. The molecule has 8 heteroatoms. The zero-order chi connectivity index (χ0) is 26.2. The highest BCUT2D eigenvalue weighted by Gasteiger charge is 2.32. The monoisotopic (exact) mass is 501 g/mol. The van der Waals surface area contributed by atoms with Crippen molar-refractivity contribution in [1.29, 1.82) is 0 Å². The van der Waals surface area contributed by atoms with Gasteiger partial charge in [-0.1, -0.05) is 70.2 Å². The third-order valence-electron chi connectivity index (χ3n) is 6.11. The topological polar surface area (TPSA) is 86.8 Å². The van der Waals surface area contributed by atoms with E-state index in [1.165, 1.54) is 4.90 Å². The Bertz CT molecular complexity index is 1070. The van der Waals surface area contributed by atoms with Crippen LogP contribution in [0.5, 0.6) is 0 Å². The van der Waals surface area contributed by atoms with Gasteiger partial charge in [0.1, 0.15) is 12.6 Å².